The fraction of sp³-hybridized carbons (Fsp3) is 0.242. The predicted molar refractivity (Wildman–Crippen MR) is 282 cm³/mol. The molecule has 0 aromatic heterocycles. The second kappa shape index (κ2) is 21.7. The van der Waals surface area contributed by atoms with Crippen LogP contribution in [0.5, 0.6) is 0 Å². The minimum absolute atomic E-state index is 0.00387. The second-order valence-corrected chi connectivity index (χ2v) is 18.0. The molecule has 0 spiro atoms. The molecule has 2 atom stereocenters. The summed E-state index contributed by atoms with van der Waals surface area (Å²) in [6.07, 6.45) is 7.31. The van der Waals surface area contributed by atoms with Crippen molar-refractivity contribution in [3.63, 3.8) is 0 Å². The first kappa shape index (κ1) is 48.5. The Labute approximate surface area is 386 Å². The number of aliphatic imine (C=N–C) groups is 1. The molecule has 0 saturated heterocycles. The number of rotatable bonds is 6. The van der Waals surface area contributed by atoms with Crippen LogP contribution in [0.2, 0.25) is 0 Å². The number of fused-ring (bicyclic) bond motifs is 5. The van der Waals surface area contributed by atoms with E-state index in [9.17, 15) is 0 Å². The van der Waals surface area contributed by atoms with E-state index in [4.69, 9.17) is 5.73 Å². The minimum atomic E-state index is 0.00387. The third-order valence-electron chi connectivity index (χ3n) is 13.1. The summed E-state index contributed by atoms with van der Waals surface area (Å²) in [6, 6.07) is 53.2. The summed E-state index contributed by atoms with van der Waals surface area (Å²) < 4.78 is 0. The number of amidine groups is 1. The molecule has 64 heavy (non-hydrogen) atoms. The van der Waals surface area contributed by atoms with Gasteiger partial charge in [0.2, 0.25) is 0 Å². The van der Waals surface area contributed by atoms with Crippen molar-refractivity contribution in [3.05, 3.63) is 246 Å². The molecule has 6 aromatic carbocycles. The van der Waals surface area contributed by atoms with Gasteiger partial charge in [0.25, 0.3) is 0 Å². The van der Waals surface area contributed by atoms with Gasteiger partial charge in [0.05, 0.1) is 0 Å². The van der Waals surface area contributed by atoms with Gasteiger partial charge in [0.1, 0.15) is 5.84 Å². The number of allylic oxidation sites excluding steroid dienone is 6. The van der Waals surface area contributed by atoms with Crippen LogP contribution in [0.1, 0.15) is 124 Å². The molecule has 0 fully saturated rings. The van der Waals surface area contributed by atoms with Crippen LogP contribution in [-0.4, -0.2) is 12.9 Å². The molecule has 2 heteroatoms. The van der Waals surface area contributed by atoms with E-state index in [0.717, 1.165) is 16.7 Å². The molecule has 0 aliphatic heterocycles. The van der Waals surface area contributed by atoms with Gasteiger partial charge in [-0.05, 0) is 106 Å². The van der Waals surface area contributed by atoms with Crippen LogP contribution < -0.4 is 5.73 Å². The highest BCUT2D eigenvalue weighted by molar-refractivity contribution is 5.97. The SMILES string of the molecule is C=C.C=C(C)c1ccccc1.C=C(C)c1ccccc1.CCC1C=CC2=C(C1)C(C)(C)c1cc3c(cc12)C(C)(C)c1cc(C(C)c2ccccc2)ccc1-3.CN=C(N)c1ccccc1. The third kappa shape index (κ3) is 10.8. The molecule has 0 radical (unpaired) electrons. The second-order valence-electron chi connectivity index (χ2n) is 18.0. The van der Waals surface area contributed by atoms with Gasteiger partial charge in [-0.25, -0.2) is 0 Å². The van der Waals surface area contributed by atoms with Gasteiger partial charge in [0, 0.05) is 29.4 Å². The number of hydrogen-bond donors (Lipinski definition) is 1. The maximum Gasteiger partial charge on any atom is 0.125 e. The van der Waals surface area contributed by atoms with Crippen LogP contribution in [0.15, 0.2) is 201 Å². The molecule has 0 heterocycles. The Morgan fingerprint density at radius 3 is 1.53 bits per heavy atom. The molecule has 9 rings (SSSR count). The van der Waals surface area contributed by atoms with Gasteiger partial charge in [-0.3, -0.25) is 4.99 Å². The fourth-order valence-corrected chi connectivity index (χ4v) is 8.99. The highest BCUT2D eigenvalue weighted by atomic mass is 14.8. The van der Waals surface area contributed by atoms with E-state index < -0.39 is 0 Å². The van der Waals surface area contributed by atoms with E-state index in [2.05, 4.69) is 170 Å². The standard InChI is InChI=1S/C34H36.2C9H10.C8H10N2.C2H4/c1-7-22-13-15-25-27-19-32-28(20-31(27)33(3,4)29(25)17-22)26-16-14-24(18-30(26)34(32,5)6)21(2)23-11-9-8-10-12-23;2*1-8(2)9-6-4-3-5-7-9;1-10-8(9)7-5-3-2-4-6-7;1-2/h8-16,18-22H,7,17H2,1-6H3;2*3-7H,1H2,2H3;2-6H,1H3,(H2,9,10);1-2H2. The molecule has 3 aliphatic carbocycles. The van der Waals surface area contributed by atoms with Gasteiger partial charge < -0.3 is 5.73 Å². The van der Waals surface area contributed by atoms with E-state index >= 15 is 0 Å². The van der Waals surface area contributed by atoms with Crippen molar-refractivity contribution in [2.24, 2.45) is 16.6 Å². The Kier molecular flexibility index (Phi) is 16.5. The lowest BCUT2D eigenvalue weighted by molar-refractivity contribution is 0.534. The monoisotopic (exact) mass is 843 g/mol. The third-order valence-corrected chi connectivity index (χ3v) is 13.1. The largest absolute Gasteiger partial charge is 0.384 e. The summed E-state index contributed by atoms with van der Waals surface area (Å²) in [4.78, 5) is 3.85. The number of benzene rings is 6. The molecule has 2 unspecified atom stereocenters. The van der Waals surface area contributed by atoms with Crippen molar-refractivity contribution < 1.29 is 0 Å². The van der Waals surface area contributed by atoms with E-state index in [-0.39, 0.29) is 10.8 Å². The zero-order chi connectivity index (χ0) is 46.6. The van der Waals surface area contributed by atoms with Crippen LogP contribution in [0.25, 0.3) is 27.8 Å². The molecule has 0 saturated carbocycles. The van der Waals surface area contributed by atoms with Crippen LogP contribution in [0, 0.1) is 5.92 Å². The van der Waals surface area contributed by atoms with E-state index in [1.54, 1.807) is 12.6 Å². The Bertz CT molecular complexity index is 2560. The van der Waals surface area contributed by atoms with Gasteiger partial charge >= 0.3 is 0 Å². The highest BCUT2D eigenvalue weighted by Gasteiger charge is 2.43. The lowest BCUT2D eigenvalue weighted by Crippen LogP contribution is -2.20. The molecular weight excluding hydrogens is 773 g/mol. The molecule has 0 bridgehead atoms. The molecule has 2 N–H and O–H groups in total. The number of hydrogen-bond acceptors (Lipinski definition) is 1. The van der Waals surface area contributed by atoms with Crippen LogP contribution in [-0.2, 0) is 10.8 Å². The Morgan fingerprint density at radius 1 is 0.609 bits per heavy atom. The smallest absolute Gasteiger partial charge is 0.125 e. The molecule has 0 amide bonds. The maximum atomic E-state index is 5.54. The van der Waals surface area contributed by atoms with E-state index in [1.165, 1.54) is 74.0 Å². The normalized spacial score (nSPS) is 15.9. The number of nitrogens with zero attached hydrogens (tertiary/aromatic N) is 1. The van der Waals surface area contributed by atoms with Crippen molar-refractivity contribution in [1.29, 1.82) is 0 Å². The van der Waals surface area contributed by atoms with E-state index in [0.29, 0.717) is 17.7 Å². The highest BCUT2D eigenvalue weighted by Crippen LogP contribution is 2.57. The van der Waals surface area contributed by atoms with Crippen molar-refractivity contribution in [3.8, 4) is 11.1 Å². The van der Waals surface area contributed by atoms with Gasteiger partial charge in [-0.15, -0.1) is 13.2 Å². The van der Waals surface area contributed by atoms with Gasteiger partial charge in [0.15, 0.2) is 0 Å². The molecular formula is C62H70N2. The lowest BCUT2D eigenvalue weighted by Gasteiger charge is -2.29. The summed E-state index contributed by atoms with van der Waals surface area (Å²) in [7, 11) is 1.68. The molecule has 2 nitrogen and oxygen atoms in total. The predicted octanol–water partition coefficient (Wildman–Crippen LogP) is 16.4. The lowest BCUT2D eigenvalue weighted by atomic mass is 9.75. The Balaban J connectivity index is 0.000000207. The Morgan fingerprint density at radius 2 is 1.06 bits per heavy atom. The zero-order valence-corrected chi connectivity index (χ0v) is 40.0. The summed E-state index contributed by atoms with van der Waals surface area (Å²) in [5.41, 5.74) is 26.1. The van der Waals surface area contributed by atoms with Crippen LogP contribution >= 0.6 is 0 Å². The average molecular weight is 843 g/mol. The first-order valence-electron chi connectivity index (χ1n) is 22.7. The summed E-state index contributed by atoms with van der Waals surface area (Å²) in [5, 5.41) is 0. The van der Waals surface area contributed by atoms with Crippen molar-refractivity contribution >= 4 is 22.6 Å². The first-order valence-corrected chi connectivity index (χ1v) is 22.7. The van der Waals surface area contributed by atoms with E-state index in [1.807, 2.05) is 80.6 Å². The Hall–Kier alpha value is -6.51. The topological polar surface area (TPSA) is 38.4 Å². The molecule has 6 aromatic rings. The van der Waals surface area contributed by atoms with Crippen LogP contribution in [0.3, 0.4) is 0 Å². The van der Waals surface area contributed by atoms with Crippen LogP contribution in [0.4, 0.5) is 0 Å². The fourth-order valence-electron chi connectivity index (χ4n) is 8.99. The van der Waals surface area contributed by atoms with Crippen molar-refractivity contribution in [2.45, 2.75) is 85.0 Å². The zero-order valence-electron chi connectivity index (χ0n) is 40.0. The van der Waals surface area contributed by atoms with Crippen molar-refractivity contribution in [1.82, 2.24) is 0 Å². The molecule has 3 aliphatic rings. The summed E-state index contributed by atoms with van der Waals surface area (Å²) >= 11 is 0. The number of nitrogens with two attached hydrogens (primary N) is 1. The summed E-state index contributed by atoms with van der Waals surface area (Å²) in [6.45, 7) is 32.0. The maximum absolute atomic E-state index is 5.54. The first-order chi connectivity index (χ1) is 30.7. The quantitative estimate of drug-likeness (QED) is 0.101. The van der Waals surface area contributed by atoms with Gasteiger partial charge in [-0.2, -0.15) is 0 Å². The average Bonchev–Trinajstić information content (AvgIpc) is 3.70. The minimum Gasteiger partial charge on any atom is -0.384 e. The summed E-state index contributed by atoms with van der Waals surface area (Å²) in [5.74, 6) is 1.66. The van der Waals surface area contributed by atoms with Crippen molar-refractivity contribution in [2.75, 3.05) is 7.05 Å². The molecule has 328 valence electrons. The van der Waals surface area contributed by atoms with Gasteiger partial charge in [-0.1, -0.05) is 223 Å².